The molecule has 0 aromatic heterocycles. The molecular weight excluding hydrogens is 334 g/mol. The zero-order valence-corrected chi connectivity index (χ0v) is 14.1. The Morgan fingerprint density at radius 1 is 1.43 bits per heavy atom. The number of halogens is 1. The van der Waals surface area contributed by atoms with Crippen molar-refractivity contribution in [2.75, 3.05) is 26.2 Å². The van der Waals surface area contributed by atoms with Crippen molar-refractivity contribution >= 4 is 21.9 Å². The van der Waals surface area contributed by atoms with Crippen molar-refractivity contribution in [1.29, 1.82) is 0 Å². The van der Waals surface area contributed by atoms with Gasteiger partial charge in [0.15, 0.2) is 0 Å². The predicted octanol–water partition coefficient (Wildman–Crippen LogP) is 3.16. The Bertz CT molecular complexity index is 461. The summed E-state index contributed by atoms with van der Waals surface area (Å²) in [5, 5.41) is 0. The molecule has 1 atom stereocenters. The summed E-state index contributed by atoms with van der Waals surface area (Å²) in [6.07, 6.45) is 0.469. The second-order valence-corrected chi connectivity index (χ2v) is 6.42. The molecule has 2 rings (SSSR count). The Labute approximate surface area is 134 Å². The number of hydrogen-bond donors (Lipinski definition) is 0. The Hall–Kier alpha value is -0.910. The number of carbonyl (C=O) groups excluding carboxylic acids is 1. The van der Waals surface area contributed by atoms with Crippen molar-refractivity contribution < 1.29 is 14.3 Å². The summed E-state index contributed by atoms with van der Waals surface area (Å²) in [6.45, 7) is 6.84. The Morgan fingerprint density at radius 2 is 2.14 bits per heavy atom. The molecule has 116 valence electrons. The van der Waals surface area contributed by atoms with Gasteiger partial charge in [-0.25, -0.2) is 0 Å². The van der Waals surface area contributed by atoms with Gasteiger partial charge < -0.3 is 9.47 Å². The van der Waals surface area contributed by atoms with Crippen LogP contribution >= 0.6 is 15.9 Å². The Kier molecular flexibility index (Phi) is 6.21. The molecule has 0 spiro atoms. The van der Waals surface area contributed by atoms with E-state index in [1.165, 1.54) is 5.56 Å². The monoisotopic (exact) mass is 355 g/mol. The van der Waals surface area contributed by atoms with Gasteiger partial charge in [-0.1, -0.05) is 28.1 Å². The lowest BCUT2D eigenvalue weighted by atomic mass is 10.1. The number of hydrogen-bond acceptors (Lipinski definition) is 4. The quantitative estimate of drug-likeness (QED) is 0.760. The van der Waals surface area contributed by atoms with Crippen molar-refractivity contribution in [3.05, 3.63) is 34.3 Å². The number of rotatable bonds is 5. The number of esters is 1. The average Bonchev–Trinajstić information content (AvgIpc) is 2.45. The molecule has 1 aliphatic heterocycles. The van der Waals surface area contributed by atoms with Crippen LogP contribution in [0, 0.1) is 0 Å². The zero-order chi connectivity index (χ0) is 15.2. The summed E-state index contributed by atoms with van der Waals surface area (Å²) >= 11 is 3.44. The zero-order valence-electron chi connectivity index (χ0n) is 12.5. The first-order valence-corrected chi connectivity index (χ1v) is 8.13. The van der Waals surface area contributed by atoms with Gasteiger partial charge in [-0.3, -0.25) is 9.69 Å². The third-order valence-electron chi connectivity index (χ3n) is 3.39. The first-order valence-electron chi connectivity index (χ1n) is 7.33. The lowest BCUT2D eigenvalue weighted by molar-refractivity contribution is -0.148. The largest absolute Gasteiger partial charge is 0.463 e. The summed E-state index contributed by atoms with van der Waals surface area (Å²) in [5.74, 6) is -0.128. The number of benzene rings is 1. The predicted molar refractivity (Wildman–Crippen MR) is 85.1 cm³/mol. The van der Waals surface area contributed by atoms with E-state index >= 15 is 0 Å². The summed E-state index contributed by atoms with van der Waals surface area (Å²) in [4.78, 5) is 13.9. The highest BCUT2D eigenvalue weighted by Crippen LogP contribution is 2.23. The van der Waals surface area contributed by atoms with E-state index in [0.717, 1.165) is 24.1 Å². The lowest BCUT2D eigenvalue weighted by Gasteiger charge is -2.33. The molecule has 5 heteroatoms. The third-order valence-corrected chi connectivity index (χ3v) is 3.92. The molecule has 0 amide bonds. The van der Waals surface area contributed by atoms with Crippen LogP contribution in [0.5, 0.6) is 0 Å². The van der Waals surface area contributed by atoms with Gasteiger partial charge >= 0.3 is 5.97 Å². The van der Waals surface area contributed by atoms with Crippen LogP contribution in [0.3, 0.4) is 0 Å². The molecule has 0 radical (unpaired) electrons. The van der Waals surface area contributed by atoms with Crippen molar-refractivity contribution in [2.45, 2.75) is 32.5 Å². The first-order chi connectivity index (χ1) is 10.0. The fourth-order valence-corrected chi connectivity index (χ4v) is 2.62. The highest BCUT2D eigenvalue weighted by molar-refractivity contribution is 9.10. The SMILES string of the molecule is CC(C)OC(=O)CCN1CCOC(c2ccc(Br)cc2)C1. The van der Waals surface area contributed by atoms with E-state index in [-0.39, 0.29) is 18.2 Å². The van der Waals surface area contributed by atoms with Gasteiger partial charge in [0.2, 0.25) is 0 Å². The fraction of sp³-hybridized carbons (Fsp3) is 0.562. The smallest absolute Gasteiger partial charge is 0.307 e. The summed E-state index contributed by atoms with van der Waals surface area (Å²) in [5.41, 5.74) is 1.17. The van der Waals surface area contributed by atoms with Gasteiger partial charge in [0.05, 0.1) is 25.2 Å². The van der Waals surface area contributed by atoms with E-state index in [0.29, 0.717) is 13.0 Å². The summed E-state index contributed by atoms with van der Waals surface area (Å²) in [6, 6.07) is 8.20. The van der Waals surface area contributed by atoms with E-state index < -0.39 is 0 Å². The van der Waals surface area contributed by atoms with E-state index in [4.69, 9.17) is 9.47 Å². The molecule has 1 fully saturated rings. The maximum atomic E-state index is 11.6. The molecule has 0 N–H and O–H groups in total. The van der Waals surface area contributed by atoms with Gasteiger partial charge in [0.1, 0.15) is 0 Å². The van der Waals surface area contributed by atoms with Gasteiger partial charge in [-0.15, -0.1) is 0 Å². The van der Waals surface area contributed by atoms with Crippen LogP contribution in [-0.2, 0) is 14.3 Å². The molecule has 4 nitrogen and oxygen atoms in total. The maximum absolute atomic E-state index is 11.6. The Balaban J connectivity index is 1.83. The molecule has 1 aromatic rings. The van der Waals surface area contributed by atoms with Crippen molar-refractivity contribution in [3.63, 3.8) is 0 Å². The van der Waals surface area contributed by atoms with Gasteiger partial charge in [-0.05, 0) is 31.5 Å². The van der Waals surface area contributed by atoms with Crippen LogP contribution in [0.4, 0.5) is 0 Å². The molecule has 1 heterocycles. The molecule has 0 bridgehead atoms. The average molecular weight is 356 g/mol. The molecule has 21 heavy (non-hydrogen) atoms. The summed E-state index contributed by atoms with van der Waals surface area (Å²) in [7, 11) is 0. The van der Waals surface area contributed by atoms with Crippen LogP contribution < -0.4 is 0 Å². The van der Waals surface area contributed by atoms with Gasteiger partial charge in [0.25, 0.3) is 0 Å². The van der Waals surface area contributed by atoms with E-state index in [1.807, 2.05) is 26.0 Å². The Morgan fingerprint density at radius 3 is 2.81 bits per heavy atom. The van der Waals surface area contributed by atoms with Crippen LogP contribution in [0.25, 0.3) is 0 Å². The molecular formula is C16H22BrNO3. The second kappa shape index (κ2) is 7.92. The van der Waals surface area contributed by atoms with Crippen LogP contribution in [-0.4, -0.2) is 43.2 Å². The van der Waals surface area contributed by atoms with Crippen molar-refractivity contribution in [2.24, 2.45) is 0 Å². The van der Waals surface area contributed by atoms with Crippen LogP contribution in [0.1, 0.15) is 31.9 Å². The second-order valence-electron chi connectivity index (χ2n) is 5.50. The van der Waals surface area contributed by atoms with Crippen LogP contribution in [0.15, 0.2) is 28.7 Å². The highest BCUT2D eigenvalue weighted by atomic mass is 79.9. The molecule has 1 aliphatic rings. The number of nitrogens with zero attached hydrogens (tertiary/aromatic N) is 1. The van der Waals surface area contributed by atoms with Crippen LogP contribution in [0.2, 0.25) is 0 Å². The standard InChI is InChI=1S/C16H22BrNO3/c1-12(2)21-16(19)7-8-18-9-10-20-15(11-18)13-3-5-14(17)6-4-13/h3-6,12,15H,7-11H2,1-2H3. The van der Waals surface area contributed by atoms with E-state index in [1.54, 1.807) is 0 Å². The van der Waals surface area contributed by atoms with E-state index in [9.17, 15) is 4.79 Å². The first kappa shape index (κ1) is 16.5. The van der Waals surface area contributed by atoms with Gasteiger partial charge in [0, 0.05) is 24.1 Å². The molecule has 1 unspecified atom stereocenters. The van der Waals surface area contributed by atoms with Crippen molar-refractivity contribution in [3.8, 4) is 0 Å². The van der Waals surface area contributed by atoms with Crippen molar-refractivity contribution in [1.82, 2.24) is 4.90 Å². The maximum Gasteiger partial charge on any atom is 0.307 e. The topological polar surface area (TPSA) is 38.8 Å². The summed E-state index contributed by atoms with van der Waals surface area (Å²) < 4.78 is 12.1. The number of ether oxygens (including phenoxy) is 2. The van der Waals surface area contributed by atoms with E-state index in [2.05, 4.69) is 33.0 Å². The molecule has 0 saturated carbocycles. The molecule has 1 aromatic carbocycles. The number of carbonyl (C=O) groups is 1. The third kappa shape index (κ3) is 5.41. The molecule has 1 saturated heterocycles. The fourth-order valence-electron chi connectivity index (χ4n) is 2.36. The minimum absolute atomic E-state index is 0.0438. The molecule has 0 aliphatic carbocycles. The minimum atomic E-state index is -0.128. The number of morpholine rings is 1. The lowest BCUT2D eigenvalue weighted by Crippen LogP contribution is -2.39. The minimum Gasteiger partial charge on any atom is -0.463 e. The normalized spacial score (nSPS) is 19.7. The van der Waals surface area contributed by atoms with Gasteiger partial charge in [-0.2, -0.15) is 0 Å². The highest BCUT2D eigenvalue weighted by Gasteiger charge is 2.22.